The van der Waals surface area contributed by atoms with E-state index in [1.54, 1.807) is 30.1 Å². The van der Waals surface area contributed by atoms with Crippen LogP contribution < -0.4 is 10.6 Å². The molecule has 0 aliphatic carbocycles. The van der Waals surface area contributed by atoms with Gasteiger partial charge in [0.2, 0.25) is 0 Å². The molecule has 4 rings (SSSR count). The Hall–Kier alpha value is -4.19. The Labute approximate surface area is 193 Å². The first-order valence-electron chi connectivity index (χ1n) is 10.9. The zero-order valence-electron chi connectivity index (χ0n) is 18.7. The summed E-state index contributed by atoms with van der Waals surface area (Å²) in [5.74, 6) is -0.347. The molecule has 1 heterocycles. The smallest absolute Gasteiger partial charge is 0.255 e. The fourth-order valence-electron chi connectivity index (χ4n) is 3.56. The number of hydrogen-bond donors (Lipinski definition) is 2. The number of nitrogens with one attached hydrogen (secondary N) is 2. The monoisotopic (exact) mass is 438 g/mol. The van der Waals surface area contributed by atoms with Crippen LogP contribution in [0, 0.1) is 0 Å². The lowest BCUT2D eigenvalue weighted by Gasteiger charge is -2.07. The second kappa shape index (κ2) is 9.96. The third kappa shape index (κ3) is 5.01. The molecular formula is C27H26N4O2. The fraction of sp³-hybridized carbons (Fsp3) is 0.148. The third-order valence-electron chi connectivity index (χ3n) is 5.51. The van der Waals surface area contributed by atoms with E-state index in [9.17, 15) is 9.59 Å². The van der Waals surface area contributed by atoms with Crippen LogP contribution in [-0.4, -0.2) is 28.6 Å². The van der Waals surface area contributed by atoms with Crippen molar-refractivity contribution in [1.82, 2.24) is 20.4 Å². The lowest BCUT2D eigenvalue weighted by atomic mass is 10.0. The summed E-state index contributed by atoms with van der Waals surface area (Å²) in [5, 5.41) is 10.3. The first kappa shape index (κ1) is 22.0. The molecule has 0 saturated carbocycles. The molecule has 2 N–H and O–H groups in total. The Morgan fingerprint density at radius 2 is 1.52 bits per heavy atom. The minimum Gasteiger partial charge on any atom is -0.355 e. The van der Waals surface area contributed by atoms with Gasteiger partial charge < -0.3 is 10.6 Å². The molecule has 166 valence electrons. The van der Waals surface area contributed by atoms with E-state index < -0.39 is 0 Å². The normalized spacial score (nSPS) is 10.6. The van der Waals surface area contributed by atoms with Crippen LogP contribution in [0.3, 0.4) is 0 Å². The molecule has 0 fully saturated rings. The predicted molar refractivity (Wildman–Crippen MR) is 129 cm³/mol. The molecule has 0 bridgehead atoms. The highest BCUT2D eigenvalue weighted by atomic mass is 16.2. The van der Waals surface area contributed by atoms with Gasteiger partial charge in [-0.1, -0.05) is 61.5 Å². The Balaban J connectivity index is 1.60. The quantitative estimate of drug-likeness (QED) is 0.449. The standard InChI is InChI=1S/C27H26N4O2/c1-3-19-9-13-21(14-10-19)25-24(18-31(30-25)23-7-5-4-6-8-23)27(33)29-17-20-11-15-22(16-12-20)26(32)28-2/h4-16,18H,3,17H2,1-2H3,(H,28,32)(H,29,33). The number of para-hydroxylation sites is 1. The zero-order chi connectivity index (χ0) is 23.2. The molecule has 0 unspecified atom stereocenters. The lowest BCUT2D eigenvalue weighted by Crippen LogP contribution is -2.23. The molecular weight excluding hydrogens is 412 g/mol. The Kier molecular flexibility index (Phi) is 6.64. The maximum atomic E-state index is 13.2. The SMILES string of the molecule is CCc1ccc(-c2nn(-c3ccccc3)cc2C(=O)NCc2ccc(C(=O)NC)cc2)cc1. The van der Waals surface area contributed by atoms with Crippen LogP contribution in [0.15, 0.2) is 85.1 Å². The number of hydrogen-bond acceptors (Lipinski definition) is 3. The molecule has 3 aromatic carbocycles. The van der Waals surface area contributed by atoms with Gasteiger partial charge in [-0.3, -0.25) is 9.59 Å². The van der Waals surface area contributed by atoms with Gasteiger partial charge in [-0.2, -0.15) is 5.10 Å². The summed E-state index contributed by atoms with van der Waals surface area (Å²) < 4.78 is 1.73. The number of aryl methyl sites for hydroxylation is 1. The van der Waals surface area contributed by atoms with Gasteiger partial charge in [0.15, 0.2) is 0 Å². The van der Waals surface area contributed by atoms with Gasteiger partial charge in [0.05, 0.1) is 11.3 Å². The van der Waals surface area contributed by atoms with Crippen LogP contribution >= 0.6 is 0 Å². The number of nitrogens with zero attached hydrogens (tertiary/aromatic N) is 2. The first-order chi connectivity index (χ1) is 16.1. The van der Waals surface area contributed by atoms with Gasteiger partial charge in [-0.25, -0.2) is 4.68 Å². The van der Waals surface area contributed by atoms with Crippen molar-refractivity contribution < 1.29 is 9.59 Å². The molecule has 6 heteroatoms. The van der Waals surface area contributed by atoms with Crippen LogP contribution in [-0.2, 0) is 13.0 Å². The van der Waals surface area contributed by atoms with Gasteiger partial charge in [-0.05, 0) is 41.8 Å². The number of rotatable bonds is 7. The van der Waals surface area contributed by atoms with Gasteiger partial charge in [0.1, 0.15) is 5.69 Å². The van der Waals surface area contributed by atoms with E-state index >= 15 is 0 Å². The van der Waals surface area contributed by atoms with Gasteiger partial charge in [0.25, 0.3) is 11.8 Å². The average Bonchev–Trinajstić information content (AvgIpc) is 3.33. The van der Waals surface area contributed by atoms with E-state index in [2.05, 4.69) is 29.7 Å². The van der Waals surface area contributed by atoms with E-state index in [4.69, 9.17) is 5.10 Å². The molecule has 0 saturated heterocycles. The van der Waals surface area contributed by atoms with Crippen molar-refractivity contribution in [2.24, 2.45) is 0 Å². The molecule has 4 aromatic rings. The summed E-state index contributed by atoms with van der Waals surface area (Å²) in [4.78, 5) is 24.9. The summed E-state index contributed by atoms with van der Waals surface area (Å²) >= 11 is 0. The highest BCUT2D eigenvalue weighted by Crippen LogP contribution is 2.24. The lowest BCUT2D eigenvalue weighted by molar-refractivity contribution is 0.0946. The minimum atomic E-state index is -0.206. The summed E-state index contributed by atoms with van der Waals surface area (Å²) in [6.45, 7) is 2.46. The van der Waals surface area contributed by atoms with Crippen LogP contribution in [0.5, 0.6) is 0 Å². The molecule has 0 spiro atoms. The van der Waals surface area contributed by atoms with E-state index in [1.807, 2.05) is 54.6 Å². The third-order valence-corrected chi connectivity index (χ3v) is 5.51. The second-order valence-electron chi connectivity index (χ2n) is 7.68. The second-order valence-corrected chi connectivity index (χ2v) is 7.68. The summed E-state index contributed by atoms with van der Waals surface area (Å²) in [6.07, 6.45) is 2.72. The first-order valence-corrected chi connectivity index (χ1v) is 10.9. The van der Waals surface area contributed by atoms with Crippen LogP contribution in [0.1, 0.15) is 38.8 Å². The van der Waals surface area contributed by atoms with Gasteiger partial charge in [-0.15, -0.1) is 0 Å². The predicted octanol–water partition coefficient (Wildman–Crippen LogP) is 4.39. The number of carbonyl (C=O) groups excluding carboxylic acids is 2. The van der Waals surface area contributed by atoms with Crippen molar-refractivity contribution in [3.8, 4) is 16.9 Å². The van der Waals surface area contributed by atoms with Gasteiger partial charge in [0, 0.05) is 30.9 Å². The maximum Gasteiger partial charge on any atom is 0.255 e. The number of amides is 2. The average molecular weight is 439 g/mol. The molecule has 6 nitrogen and oxygen atoms in total. The van der Waals surface area contributed by atoms with Crippen LogP contribution in [0.4, 0.5) is 0 Å². The number of benzene rings is 3. The molecule has 1 aromatic heterocycles. The van der Waals surface area contributed by atoms with Crippen molar-refractivity contribution in [3.05, 3.63) is 107 Å². The minimum absolute atomic E-state index is 0.141. The van der Waals surface area contributed by atoms with Crippen molar-refractivity contribution >= 4 is 11.8 Å². The maximum absolute atomic E-state index is 13.2. The summed E-state index contributed by atoms with van der Waals surface area (Å²) in [6, 6.07) is 25.0. The highest BCUT2D eigenvalue weighted by Gasteiger charge is 2.18. The van der Waals surface area contributed by atoms with E-state index in [0.29, 0.717) is 23.4 Å². The number of carbonyl (C=O) groups is 2. The summed E-state index contributed by atoms with van der Waals surface area (Å²) in [5.41, 5.74) is 5.62. The Morgan fingerprint density at radius 3 is 2.15 bits per heavy atom. The highest BCUT2D eigenvalue weighted by molar-refractivity contribution is 6.00. The topological polar surface area (TPSA) is 76.0 Å². The largest absolute Gasteiger partial charge is 0.355 e. The van der Waals surface area contributed by atoms with E-state index in [0.717, 1.165) is 23.2 Å². The Morgan fingerprint density at radius 1 is 0.848 bits per heavy atom. The van der Waals surface area contributed by atoms with Crippen molar-refractivity contribution in [3.63, 3.8) is 0 Å². The Bertz CT molecular complexity index is 1240. The summed E-state index contributed by atoms with van der Waals surface area (Å²) in [7, 11) is 1.60. The molecule has 33 heavy (non-hydrogen) atoms. The van der Waals surface area contributed by atoms with Crippen molar-refractivity contribution in [1.29, 1.82) is 0 Å². The fourth-order valence-corrected chi connectivity index (χ4v) is 3.56. The number of aromatic nitrogens is 2. The molecule has 0 aliphatic rings. The van der Waals surface area contributed by atoms with Crippen LogP contribution in [0.25, 0.3) is 16.9 Å². The molecule has 0 aliphatic heterocycles. The molecule has 0 radical (unpaired) electrons. The molecule has 0 atom stereocenters. The molecule has 2 amide bonds. The van der Waals surface area contributed by atoms with Crippen molar-refractivity contribution in [2.75, 3.05) is 7.05 Å². The van der Waals surface area contributed by atoms with Gasteiger partial charge >= 0.3 is 0 Å². The van der Waals surface area contributed by atoms with Crippen LogP contribution in [0.2, 0.25) is 0 Å². The van der Waals surface area contributed by atoms with E-state index in [-0.39, 0.29) is 11.8 Å². The van der Waals surface area contributed by atoms with E-state index in [1.165, 1.54) is 5.56 Å². The van der Waals surface area contributed by atoms with Crippen molar-refractivity contribution in [2.45, 2.75) is 19.9 Å². The zero-order valence-corrected chi connectivity index (χ0v) is 18.7.